The molecule has 224 valence electrons. The number of halogens is 1. The van der Waals surface area contributed by atoms with Crippen molar-refractivity contribution in [3.8, 4) is 0 Å². The Labute approximate surface area is 253 Å². The average Bonchev–Trinajstić information content (AvgIpc) is 2.99. The number of benzene rings is 4. The van der Waals surface area contributed by atoms with Crippen LogP contribution >= 0.6 is 0 Å². The molecule has 0 saturated carbocycles. The van der Waals surface area contributed by atoms with E-state index in [2.05, 4.69) is 5.32 Å². The second-order valence-corrected chi connectivity index (χ2v) is 12.3. The Morgan fingerprint density at radius 1 is 0.814 bits per heavy atom. The Hall–Kier alpha value is -4.50. The molecule has 0 spiro atoms. The number of likely N-dealkylation sites (N-methyl/N-ethyl adjacent to an activating group) is 1. The van der Waals surface area contributed by atoms with Gasteiger partial charge in [-0.2, -0.15) is 0 Å². The zero-order valence-electron chi connectivity index (χ0n) is 24.5. The van der Waals surface area contributed by atoms with Crippen LogP contribution in [0.1, 0.15) is 29.2 Å². The van der Waals surface area contributed by atoms with Gasteiger partial charge in [0, 0.05) is 19.5 Å². The number of carbonyl (C=O) groups is 2. The van der Waals surface area contributed by atoms with Crippen LogP contribution in [-0.4, -0.2) is 44.3 Å². The topological polar surface area (TPSA) is 86.8 Å². The number of amides is 2. The molecule has 4 aromatic rings. The van der Waals surface area contributed by atoms with Crippen molar-refractivity contribution in [1.82, 2.24) is 10.2 Å². The molecule has 0 aliphatic rings. The summed E-state index contributed by atoms with van der Waals surface area (Å²) in [4.78, 5) is 29.2. The first-order valence-corrected chi connectivity index (χ1v) is 15.5. The van der Waals surface area contributed by atoms with Crippen LogP contribution in [0.3, 0.4) is 0 Å². The van der Waals surface area contributed by atoms with Crippen molar-refractivity contribution in [2.45, 2.75) is 44.7 Å². The Balaban J connectivity index is 1.79. The highest BCUT2D eigenvalue weighted by Crippen LogP contribution is 2.26. The van der Waals surface area contributed by atoms with Crippen LogP contribution in [0.2, 0.25) is 0 Å². The van der Waals surface area contributed by atoms with E-state index < -0.39 is 34.3 Å². The lowest BCUT2D eigenvalue weighted by Crippen LogP contribution is -2.53. The summed E-state index contributed by atoms with van der Waals surface area (Å²) in [7, 11) is -4.29. The highest BCUT2D eigenvalue weighted by atomic mass is 32.2. The molecule has 0 aliphatic carbocycles. The lowest BCUT2D eigenvalue weighted by Gasteiger charge is -2.34. The molecule has 4 aromatic carbocycles. The number of nitrogens with zero attached hydrogens (tertiary/aromatic N) is 2. The van der Waals surface area contributed by atoms with E-state index in [0.29, 0.717) is 6.54 Å². The predicted molar refractivity (Wildman–Crippen MR) is 166 cm³/mol. The molecule has 0 aliphatic heterocycles. The van der Waals surface area contributed by atoms with E-state index in [-0.39, 0.29) is 29.5 Å². The third kappa shape index (κ3) is 8.08. The van der Waals surface area contributed by atoms with Gasteiger partial charge in [-0.15, -0.1) is 0 Å². The number of aryl methyl sites for hydroxylation is 2. The van der Waals surface area contributed by atoms with Gasteiger partial charge in [0.15, 0.2) is 0 Å². The second kappa shape index (κ2) is 14.1. The summed E-state index contributed by atoms with van der Waals surface area (Å²) in [6.07, 6.45) is 0.236. The van der Waals surface area contributed by atoms with E-state index in [1.165, 1.54) is 17.0 Å². The standard InChI is InChI=1S/C34H36FN3O4S/c1-4-36-34(40)32(22-27-10-6-5-7-11-27)37(23-28-12-8-9-26(3)21-28)33(39)24-38(30-17-13-25(2)14-18-30)43(41,42)31-19-15-29(35)16-20-31/h5-21,32H,4,22-24H2,1-3H3,(H,36,40). The summed E-state index contributed by atoms with van der Waals surface area (Å²) >= 11 is 0. The molecule has 1 atom stereocenters. The van der Waals surface area contributed by atoms with Crippen LogP contribution in [-0.2, 0) is 32.6 Å². The molecule has 0 saturated heterocycles. The molecule has 0 aromatic heterocycles. The van der Waals surface area contributed by atoms with E-state index in [4.69, 9.17) is 0 Å². The minimum absolute atomic E-state index is 0.0908. The molecule has 9 heteroatoms. The maximum atomic E-state index is 14.3. The summed E-state index contributed by atoms with van der Waals surface area (Å²) in [6, 6.07) is 27.3. The first-order valence-electron chi connectivity index (χ1n) is 14.1. The summed E-state index contributed by atoms with van der Waals surface area (Å²) in [5, 5.41) is 2.85. The van der Waals surface area contributed by atoms with E-state index in [1.807, 2.05) is 68.4 Å². The summed E-state index contributed by atoms with van der Waals surface area (Å²) in [5.41, 5.74) is 3.84. The lowest BCUT2D eigenvalue weighted by molar-refractivity contribution is -0.140. The molecule has 0 bridgehead atoms. The van der Waals surface area contributed by atoms with E-state index in [1.54, 1.807) is 31.2 Å². The van der Waals surface area contributed by atoms with Crippen LogP contribution < -0.4 is 9.62 Å². The van der Waals surface area contributed by atoms with Crippen molar-refractivity contribution in [1.29, 1.82) is 0 Å². The fraction of sp³-hybridized carbons (Fsp3) is 0.235. The first-order chi connectivity index (χ1) is 20.6. The van der Waals surface area contributed by atoms with Crippen molar-refractivity contribution >= 4 is 27.5 Å². The summed E-state index contributed by atoms with van der Waals surface area (Å²) < 4.78 is 42.6. The molecule has 43 heavy (non-hydrogen) atoms. The summed E-state index contributed by atoms with van der Waals surface area (Å²) in [5.74, 6) is -1.47. The lowest BCUT2D eigenvalue weighted by atomic mass is 10.0. The predicted octanol–water partition coefficient (Wildman–Crippen LogP) is 5.41. The minimum Gasteiger partial charge on any atom is -0.355 e. The van der Waals surface area contributed by atoms with Gasteiger partial charge in [-0.05, 0) is 68.3 Å². The second-order valence-electron chi connectivity index (χ2n) is 10.4. The zero-order valence-corrected chi connectivity index (χ0v) is 25.4. The van der Waals surface area contributed by atoms with Crippen molar-refractivity contribution in [2.24, 2.45) is 0 Å². The Morgan fingerprint density at radius 3 is 2.09 bits per heavy atom. The van der Waals surface area contributed by atoms with Gasteiger partial charge in [0.1, 0.15) is 18.4 Å². The monoisotopic (exact) mass is 601 g/mol. The average molecular weight is 602 g/mol. The van der Waals surface area contributed by atoms with E-state index in [0.717, 1.165) is 38.7 Å². The highest BCUT2D eigenvalue weighted by molar-refractivity contribution is 7.92. The fourth-order valence-electron chi connectivity index (χ4n) is 4.83. The highest BCUT2D eigenvalue weighted by Gasteiger charge is 2.34. The van der Waals surface area contributed by atoms with Crippen molar-refractivity contribution < 1.29 is 22.4 Å². The van der Waals surface area contributed by atoms with Gasteiger partial charge in [0.2, 0.25) is 11.8 Å². The maximum Gasteiger partial charge on any atom is 0.264 e. The Morgan fingerprint density at radius 2 is 1.47 bits per heavy atom. The number of hydrogen-bond acceptors (Lipinski definition) is 4. The van der Waals surface area contributed by atoms with Crippen LogP contribution in [0.25, 0.3) is 0 Å². The number of nitrogens with one attached hydrogen (secondary N) is 1. The van der Waals surface area contributed by atoms with Gasteiger partial charge >= 0.3 is 0 Å². The van der Waals surface area contributed by atoms with Crippen LogP contribution in [0.15, 0.2) is 108 Å². The molecule has 4 rings (SSSR count). The van der Waals surface area contributed by atoms with Crippen molar-refractivity contribution in [2.75, 3.05) is 17.4 Å². The Bertz CT molecular complexity index is 1640. The van der Waals surface area contributed by atoms with Gasteiger partial charge in [-0.3, -0.25) is 13.9 Å². The molecule has 0 radical (unpaired) electrons. The van der Waals surface area contributed by atoms with Gasteiger partial charge < -0.3 is 10.2 Å². The first kappa shape index (κ1) is 31.4. The number of hydrogen-bond donors (Lipinski definition) is 1. The van der Waals surface area contributed by atoms with E-state index >= 15 is 0 Å². The third-order valence-electron chi connectivity index (χ3n) is 7.06. The number of sulfonamides is 1. The SMILES string of the molecule is CCNC(=O)C(Cc1ccccc1)N(Cc1cccc(C)c1)C(=O)CN(c1ccc(C)cc1)S(=O)(=O)c1ccc(F)cc1. The molecule has 2 amide bonds. The quantitative estimate of drug-likeness (QED) is 0.235. The van der Waals surface area contributed by atoms with Crippen molar-refractivity contribution in [3.05, 3.63) is 131 Å². The molecule has 1 unspecified atom stereocenters. The smallest absolute Gasteiger partial charge is 0.264 e. The minimum atomic E-state index is -4.29. The maximum absolute atomic E-state index is 14.3. The normalized spacial score (nSPS) is 11.9. The number of anilines is 1. The molecule has 7 nitrogen and oxygen atoms in total. The zero-order chi connectivity index (χ0) is 31.0. The summed E-state index contributed by atoms with van der Waals surface area (Å²) in [6.45, 7) is 5.50. The molecule has 0 heterocycles. The van der Waals surface area contributed by atoms with Gasteiger partial charge in [0.25, 0.3) is 10.0 Å². The molecular formula is C34H36FN3O4S. The third-order valence-corrected chi connectivity index (χ3v) is 8.85. The van der Waals surface area contributed by atoms with Gasteiger partial charge in [-0.25, -0.2) is 12.8 Å². The van der Waals surface area contributed by atoms with Crippen LogP contribution in [0.5, 0.6) is 0 Å². The molecule has 0 fully saturated rings. The Kier molecular flexibility index (Phi) is 10.3. The largest absolute Gasteiger partial charge is 0.355 e. The number of carbonyl (C=O) groups excluding carboxylic acids is 2. The molecular weight excluding hydrogens is 565 g/mol. The van der Waals surface area contributed by atoms with Gasteiger partial charge in [-0.1, -0.05) is 77.9 Å². The van der Waals surface area contributed by atoms with Crippen molar-refractivity contribution in [3.63, 3.8) is 0 Å². The van der Waals surface area contributed by atoms with Crippen LogP contribution in [0.4, 0.5) is 10.1 Å². The fourth-order valence-corrected chi connectivity index (χ4v) is 6.24. The van der Waals surface area contributed by atoms with E-state index in [9.17, 15) is 22.4 Å². The van der Waals surface area contributed by atoms with Crippen LogP contribution in [0, 0.1) is 19.7 Å². The number of rotatable bonds is 12. The van der Waals surface area contributed by atoms with Gasteiger partial charge in [0.05, 0.1) is 10.6 Å². The molecule has 1 N–H and O–H groups in total.